The van der Waals surface area contributed by atoms with E-state index in [-0.39, 0.29) is 36.2 Å². The molecule has 12 heteroatoms. The van der Waals surface area contributed by atoms with Gasteiger partial charge in [-0.15, -0.1) is 0 Å². The molecule has 180 valence electrons. The van der Waals surface area contributed by atoms with Gasteiger partial charge in [0.2, 0.25) is 0 Å². The van der Waals surface area contributed by atoms with Gasteiger partial charge in [-0.1, -0.05) is 0 Å². The zero-order valence-electron chi connectivity index (χ0n) is 17.6. The lowest BCUT2D eigenvalue weighted by molar-refractivity contribution is -0.137. The largest absolute Gasteiger partial charge is 0.493 e. The summed E-state index contributed by atoms with van der Waals surface area (Å²) < 4.78 is 89.8. The Morgan fingerprint density at radius 1 is 1.03 bits per heavy atom. The number of aromatic nitrogens is 2. The van der Waals surface area contributed by atoms with Crippen LogP contribution in [0, 0.1) is 5.82 Å². The van der Waals surface area contributed by atoms with Gasteiger partial charge >= 0.3 is 6.18 Å². The summed E-state index contributed by atoms with van der Waals surface area (Å²) in [5.74, 6) is -0.440. The van der Waals surface area contributed by atoms with Gasteiger partial charge in [-0.2, -0.15) is 13.2 Å². The van der Waals surface area contributed by atoms with Gasteiger partial charge in [0.15, 0.2) is 23.8 Å². The summed E-state index contributed by atoms with van der Waals surface area (Å²) in [6, 6.07) is 5.34. The summed E-state index contributed by atoms with van der Waals surface area (Å²) in [6.07, 6.45) is -6.70. The van der Waals surface area contributed by atoms with Gasteiger partial charge in [0.05, 0.1) is 37.1 Å². The minimum atomic E-state index is -4.78. The molecular formula is C22H18F5N3O4. The minimum absolute atomic E-state index is 0.0515. The highest BCUT2D eigenvalue weighted by atomic mass is 19.4. The third-order valence-electron chi connectivity index (χ3n) is 5.69. The molecule has 2 saturated heterocycles. The molecule has 1 aromatic heterocycles. The SMILES string of the molecule is COc1cc2c(Nc3ccc(F)cc3C(F)(F)F)ncnc2cc1OC1CO[C@H]2C(F)CO[C@@H]12. The van der Waals surface area contributed by atoms with Gasteiger partial charge in [0, 0.05) is 11.5 Å². The number of halogens is 5. The van der Waals surface area contributed by atoms with Crippen LogP contribution in [0.5, 0.6) is 11.5 Å². The number of benzene rings is 2. The van der Waals surface area contributed by atoms with Gasteiger partial charge in [-0.25, -0.2) is 18.7 Å². The highest BCUT2D eigenvalue weighted by Crippen LogP contribution is 2.40. The van der Waals surface area contributed by atoms with Crippen LogP contribution in [0.4, 0.5) is 33.5 Å². The lowest BCUT2D eigenvalue weighted by atomic mass is 10.1. The Hall–Kier alpha value is -3.25. The highest BCUT2D eigenvalue weighted by molar-refractivity contribution is 5.93. The summed E-state index contributed by atoms with van der Waals surface area (Å²) in [5.41, 5.74) is -1.21. The Kier molecular flexibility index (Phi) is 5.64. The standard InChI is InChI=1S/C22H18F5N3O4/c1-31-16-5-11-15(6-17(16)34-18-8-33-19-13(24)7-32-20(18)19)28-9-29-21(11)30-14-3-2-10(23)4-12(14)22(25,26)27/h2-6,9,13,18-20H,7-8H2,1H3,(H,28,29,30)/t13?,18?,19-,20-/m0/s1. The molecule has 3 heterocycles. The first-order chi connectivity index (χ1) is 16.2. The second-order valence-electron chi connectivity index (χ2n) is 7.82. The summed E-state index contributed by atoms with van der Waals surface area (Å²) in [4.78, 5) is 8.21. The van der Waals surface area contributed by atoms with Gasteiger partial charge in [-0.3, -0.25) is 0 Å². The van der Waals surface area contributed by atoms with E-state index >= 15 is 0 Å². The number of ether oxygens (including phenoxy) is 4. The molecule has 2 aliphatic heterocycles. The molecule has 0 aliphatic carbocycles. The van der Waals surface area contributed by atoms with E-state index in [1.165, 1.54) is 25.6 Å². The first-order valence-electron chi connectivity index (χ1n) is 10.2. The number of anilines is 2. The lowest BCUT2D eigenvalue weighted by Gasteiger charge is -2.20. The summed E-state index contributed by atoms with van der Waals surface area (Å²) >= 11 is 0. The smallest absolute Gasteiger partial charge is 0.418 e. The van der Waals surface area contributed by atoms with E-state index in [1.54, 1.807) is 0 Å². The molecule has 0 bridgehead atoms. The first kappa shape index (κ1) is 22.5. The van der Waals surface area contributed by atoms with Crippen molar-refractivity contribution >= 4 is 22.4 Å². The number of hydrogen-bond acceptors (Lipinski definition) is 7. The molecular weight excluding hydrogens is 465 g/mol. The van der Waals surface area contributed by atoms with Crippen LogP contribution in [0.2, 0.25) is 0 Å². The fourth-order valence-corrected chi connectivity index (χ4v) is 4.08. The van der Waals surface area contributed by atoms with Crippen molar-refractivity contribution in [3.63, 3.8) is 0 Å². The van der Waals surface area contributed by atoms with Crippen molar-refractivity contribution in [3.8, 4) is 11.5 Å². The van der Waals surface area contributed by atoms with Gasteiger partial charge in [0.25, 0.3) is 0 Å². The third-order valence-corrected chi connectivity index (χ3v) is 5.69. The van der Waals surface area contributed by atoms with E-state index < -0.39 is 42.0 Å². The zero-order chi connectivity index (χ0) is 24.0. The molecule has 7 nitrogen and oxygen atoms in total. The number of alkyl halides is 4. The molecule has 5 rings (SSSR count). The molecule has 2 aliphatic rings. The van der Waals surface area contributed by atoms with Crippen LogP contribution in [-0.4, -0.2) is 54.8 Å². The number of nitrogens with zero attached hydrogens (tertiary/aromatic N) is 2. The Morgan fingerprint density at radius 2 is 1.82 bits per heavy atom. The van der Waals surface area contributed by atoms with Crippen molar-refractivity contribution in [2.75, 3.05) is 25.6 Å². The van der Waals surface area contributed by atoms with Gasteiger partial charge in [-0.05, 0) is 24.3 Å². The fourth-order valence-electron chi connectivity index (χ4n) is 4.08. The Morgan fingerprint density at radius 3 is 2.59 bits per heavy atom. The molecule has 2 aromatic carbocycles. The molecule has 1 N–H and O–H groups in total. The van der Waals surface area contributed by atoms with E-state index in [0.29, 0.717) is 17.0 Å². The molecule has 34 heavy (non-hydrogen) atoms. The third kappa shape index (κ3) is 4.07. The van der Waals surface area contributed by atoms with Crippen LogP contribution in [0.1, 0.15) is 5.56 Å². The van der Waals surface area contributed by atoms with E-state index in [1.807, 2.05) is 0 Å². The fraction of sp³-hybridized carbons (Fsp3) is 0.364. The molecule has 2 fully saturated rings. The summed E-state index contributed by atoms with van der Waals surface area (Å²) in [5, 5.41) is 2.95. The Balaban J connectivity index is 1.48. The van der Waals surface area contributed by atoms with Crippen LogP contribution in [0.3, 0.4) is 0 Å². The predicted molar refractivity (Wildman–Crippen MR) is 110 cm³/mol. The predicted octanol–water partition coefficient (Wildman–Crippen LogP) is 4.42. The monoisotopic (exact) mass is 483 g/mol. The Bertz CT molecular complexity index is 1230. The molecule has 0 saturated carbocycles. The average molecular weight is 483 g/mol. The van der Waals surface area contributed by atoms with Crippen LogP contribution in [-0.2, 0) is 15.7 Å². The normalized spacial score (nSPS) is 24.3. The maximum absolute atomic E-state index is 13.8. The summed E-state index contributed by atoms with van der Waals surface area (Å²) in [7, 11) is 1.39. The molecule has 4 atom stereocenters. The first-order valence-corrected chi connectivity index (χ1v) is 10.2. The highest BCUT2D eigenvalue weighted by Gasteiger charge is 2.49. The molecule has 0 spiro atoms. The quantitative estimate of drug-likeness (QED) is 0.539. The zero-order valence-corrected chi connectivity index (χ0v) is 17.6. The molecule has 0 radical (unpaired) electrons. The van der Waals surface area contributed by atoms with Crippen LogP contribution >= 0.6 is 0 Å². The minimum Gasteiger partial charge on any atom is -0.493 e. The van der Waals surface area contributed by atoms with Crippen molar-refractivity contribution in [2.45, 2.75) is 30.7 Å². The topological polar surface area (TPSA) is 74.7 Å². The number of methoxy groups -OCH3 is 1. The number of nitrogens with one attached hydrogen (secondary N) is 1. The maximum atomic E-state index is 13.8. The Labute approximate surface area is 189 Å². The van der Waals surface area contributed by atoms with E-state index in [9.17, 15) is 22.0 Å². The van der Waals surface area contributed by atoms with Crippen LogP contribution in [0.25, 0.3) is 10.9 Å². The van der Waals surface area contributed by atoms with Crippen molar-refractivity contribution in [1.29, 1.82) is 0 Å². The number of fused-ring (bicyclic) bond motifs is 2. The van der Waals surface area contributed by atoms with Crippen molar-refractivity contribution < 1.29 is 40.9 Å². The van der Waals surface area contributed by atoms with E-state index in [4.69, 9.17) is 18.9 Å². The number of hydrogen-bond donors (Lipinski definition) is 1. The molecule has 2 unspecified atom stereocenters. The van der Waals surface area contributed by atoms with Crippen LogP contribution in [0.15, 0.2) is 36.7 Å². The van der Waals surface area contributed by atoms with E-state index in [0.717, 1.165) is 12.1 Å². The second kappa shape index (κ2) is 8.51. The van der Waals surface area contributed by atoms with Crippen LogP contribution < -0.4 is 14.8 Å². The van der Waals surface area contributed by atoms with Gasteiger partial charge < -0.3 is 24.3 Å². The summed E-state index contributed by atoms with van der Waals surface area (Å²) in [6.45, 7) is 0.0495. The molecule has 3 aromatic rings. The van der Waals surface area contributed by atoms with Gasteiger partial charge in [0.1, 0.15) is 30.2 Å². The maximum Gasteiger partial charge on any atom is 0.418 e. The van der Waals surface area contributed by atoms with E-state index in [2.05, 4.69) is 15.3 Å². The average Bonchev–Trinajstić information content (AvgIpc) is 3.37. The van der Waals surface area contributed by atoms with Crippen molar-refractivity contribution in [2.24, 2.45) is 0 Å². The van der Waals surface area contributed by atoms with Crippen molar-refractivity contribution in [1.82, 2.24) is 9.97 Å². The lowest BCUT2D eigenvalue weighted by Crippen LogP contribution is -2.33. The second-order valence-corrected chi connectivity index (χ2v) is 7.82. The number of rotatable bonds is 5. The van der Waals surface area contributed by atoms with Crippen molar-refractivity contribution in [3.05, 3.63) is 48.0 Å². The molecule has 0 amide bonds.